The fourth-order valence-electron chi connectivity index (χ4n) is 2.71. The summed E-state index contributed by atoms with van der Waals surface area (Å²) >= 11 is 0. The van der Waals surface area contributed by atoms with Gasteiger partial charge in [0, 0.05) is 5.92 Å². The van der Waals surface area contributed by atoms with E-state index in [1.807, 2.05) is 24.4 Å². The molecule has 1 aromatic heterocycles. The standard InChI is InChI=1S/C16H20N2O/c1-2-6-13(7-3-1)11-19-12-15-10-17-16(18-15)14-8-4-5-9-14/h1-3,6-7,10,14H,4-5,8-9,11-12H2,(H,17,18). The van der Waals surface area contributed by atoms with Crippen molar-refractivity contribution < 1.29 is 4.74 Å². The number of benzene rings is 1. The first kappa shape index (κ1) is 12.4. The highest BCUT2D eigenvalue weighted by molar-refractivity contribution is 5.13. The summed E-state index contributed by atoms with van der Waals surface area (Å²) in [5.74, 6) is 1.79. The quantitative estimate of drug-likeness (QED) is 0.884. The van der Waals surface area contributed by atoms with E-state index in [1.165, 1.54) is 31.2 Å². The van der Waals surface area contributed by atoms with E-state index >= 15 is 0 Å². The SMILES string of the molecule is c1ccc(COCc2cnc(C3CCCC3)[nH]2)cc1. The fraction of sp³-hybridized carbons (Fsp3) is 0.438. The molecule has 0 atom stereocenters. The predicted molar refractivity (Wildman–Crippen MR) is 74.7 cm³/mol. The Kier molecular flexibility index (Phi) is 3.94. The molecule has 0 radical (unpaired) electrons. The van der Waals surface area contributed by atoms with Gasteiger partial charge in [-0.25, -0.2) is 4.98 Å². The number of ether oxygens (including phenoxy) is 1. The number of nitrogens with one attached hydrogen (secondary N) is 1. The maximum absolute atomic E-state index is 5.71. The molecule has 0 saturated heterocycles. The van der Waals surface area contributed by atoms with E-state index < -0.39 is 0 Å². The Morgan fingerprint density at radius 3 is 2.68 bits per heavy atom. The van der Waals surface area contributed by atoms with Crippen molar-refractivity contribution in [2.45, 2.75) is 44.8 Å². The number of hydrogen-bond acceptors (Lipinski definition) is 2. The van der Waals surface area contributed by atoms with E-state index in [0.29, 0.717) is 19.1 Å². The van der Waals surface area contributed by atoms with Gasteiger partial charge in [-0.3, -0.25) is 0 Å². The summed E-state index contributed by atoms with van der Waals surface area (Å²) in [5, 5.41) is 0. The van der Waals surface area contributed by atoms with Crippen LogP contribution < -0.4 is 0 Å². The van der Waals surface area contributed by atoms with Crippen molar-refractivity contribution >= 4 is 0 Å². The van der Waals surface area contributed by atoms with Crippen LogP contribution in [0.2, 0.25) is 0 Å². The highest BCUT2D eigenvalue weighted by Crippen LogP contribution is 2.32. The van der Waals surface area contributed by atoms with Crippen molar-refractivity contribution in [2.24, 2.45) is 0 Å². The number of hydrogen-bond donors (Lipinski definition) is 1. The summed E-state index contributed by atoms with van der Waals surface area (Å²) in [6, 6.07) is 10.3. The number of nitrogens with zero attached hydrogens (tertiary/aromatic N) is 1. The van der Waals surface area contributed by atoms with E-state index in [4.69, 9.17) is 4.74 Å². The third-order valence-electron chi connectivity index (χ3n) is 3.76. The van der Waals surface area contributed by atoms with Gasteiger partial charge in [-0.15, -0.1) is 0 Å². The Morgan fingerprint density at radius 2 is 1.89 bits per heavy atom. The molecular weight excluding hydrogens is 236 g/mol. The van der Waals surface area contributed by atoms with Gasteiger partial charge in [0.25, 0.3) is 0 Å². The number of rotatable bonds is 5. The lowest BCUT2D eigenvalue weighted by Crippen LogP contribution is -1.97. The van der Waals surface area contributed by atoms with E-state index in [1.54, 1.807) is 0 Å². The summed E-state index contributed by atoms with van der Waals surface area (Å²) in [7, 11) is 0. The number of imidazole rings is 1. The molecule has 0 bridgehead atoms. The summed E-state index contributed by atoms with van der Waals surface area (Å²) in [6.07, 6.45) is 7.14. The second-order valence-corrected chi connectivity index (χ2v) is 5.25. The molecule has 3 heteroatoms. The maximum Gasteiger partial charge on any atom is 0.109 e. The van der Waals surface area contributed by atoms with Gasteiger partial charge in [-0.05, 0) is 18.4 Å². The van der Waals surface area contributed by atoms with E-state index in [9.17, 15) is 0 Å². The molecule has 3 nitrogen and oxygen atoms in total. The second kappa shape index (κ2) is 6.02. The normalized spacial score (nSPS) is 16.0. The summed E-state index contributed by atoms with van der Waals surface area (Å²) in [6.45, 7) is 1.26. The van der Waals surface area contributed by atoms with Gasteiger partial charge in [0.05, 0.1) is 25.1 Å². The highest BCUT2D eigenvalue weighted by Gasteiger charge is 2.19. The molecule has 100 valence electrons. The zero-order valence-corrected chi connectivity index (χ0v) is 11.1. The van der Waals surface area contributed by atoms with Crippen LogP contribution in [-0.2, 0) is 18.0 Å². The lowest BCUT2D eigenvalue weighted by molar-refractivity contribution is 0.105. The second-order valence-electron chi connectivity index (χ2n) is 5.25. The lowest BCUT2D eigenvalue weighted by atomic mass is 10.1. The minimum atomic E-state index is 0.606. The Labute approximate surface area is 114 Å². The van der Waals surface area contributed by atoms with Crippen LogP contribution in [-0.4, -0.2) is 9.97 Å². The molecule has 19 heavy (non-hydrogen) atoms. The van der Waals surface area contributed by atoms with E-state index in [-0.39, 0.29) is 0 Å². The molecule has 1 heterocycles. The third kappa shape index (κ3) is 3.24. The molecule has 0 spiro atoms. The van der Waals surface area contributed by atoms with Crippen LogP contribution in [0.4, 0.5) is 0 Å². The van der Waals surface area contributed by atoms with Crippen LogP contribution in [0.5, 0.6) is 0 Å². The number of aromatic nitrogens is 2. The van der Waals surface area contributed by atoms with Gasteiger partial charge in [-0.1, -0.05) is 43.2 Å². The van der Waals surface area contributed by atoms with Crippen molar-refractivity contribution in [3.63, 3.8) is 0 Å². The summed E-state index contributed by atoms with van der Waals surface area (Å²) < 4.78 is 5.71. The Balaban J connectivity index is 1.50. The van der Waals surface area contributed by atoms with Gasteiger partial charge >= 0.3 is 0 Å². The molecule has 1 fully saturated rings. The molecule has 1 aliphatic rings. The van der Waals surface area contributed by atoms with E-state index in [0.717, 1.165) is 11.5 Å². The van der Waals surface area contributed by atoms with Crippen LogP contribution in [0.1, 0.15) is 48.7 Å². The molecule has 0 unspecified atom stereocenters. The topological polar surface area (TPSA) is 37.9 Å². The average molecular weight is 256 g/mol. The monoisotopic (exact) mass is 256 g/mol. The molecule has 2 aromatic rings. The fourth-order valence-corrected chi connectivity index (χ4v) is 2.71. The van der Waals surface area contributed by atoms with Gasteiger partial charge in [0.2, 0.25) is 0 Å². The molecule has 3 rings (SSSR count). The summed E-state index contributed by atoms with van der Waals surface area (Å²) in [5.41, 5.74) is 2.29. The van der Waals surface area contributed by atoms with Gasteiger partial charge < -0.3 is 9.72 Å². The van der Waals surface area contributed by atoms with Gasteiger partial charge in [0.15, 0.2) is 0 Å². The maximum atomic E-state index is 5.71. The predicted octanol–water partition coefficient (Wildman–Crippen LogP) is 3.78. The van der Waals surface area contributed by atoms with Crippen molar-refractivity contribution in [3.8, 4) is 0 Å². The van der Waals surface area contributed by atoms with Crippen molar-refractivity contribution in [3.05, 3.63) is 53.6 Å². The average Bonchev–Trinajstić information content (AvgIpc) is 3.10. The first-order valence-corrected chi connectivity index (χ1v) is 7.07. The Morgan fingerprint density at radius 1 is 1.11 bits per heavy atom. The van der Waals surface area contributed by atoms with Crippen molar-refractivity contribution in [1.82, 2.24) is 9.97 Å². The molecule has 1 aromatic carbocycles. The van der Waals surface area contributed by atoms with Crippen LogP contribution in [0.25, 0.3) is 0 Å². The van der Waals surface area contributed by atoms with Gasteiger partial charge in [-0.2, -0.15) is 0 Å². The van der Waals surface area contributed by atoms with Crippen molar-refractivity contribution in [2.75, 3.05) is 0 Å². The Bertz CT molecular complexity index is 500. The molecule has 0 aliphatic heterocycles. The first-order chi connectivity index (χ1) is 9.42. The highest BCUT2D eigenvalue weighted by atomic mass is 16.5. The molecule has 1 N–H and O–H groups in total. The minimum Gasteiger partial charge on any atom is -0.371 e. The lowest BCUT2D eigenvalue weighted by Gasteiger charge is -2.04. The molecule has 1 saturated carbocycles. The van der Waals surface area contributed by atoms with Crippen LogP contribution in [0.3, 0.4) is 0 Å². The summed E-state index contributed by atoms with van der Waals surface area (Å²) in [4.78, 5) is 7.89. The van der Waals surface area contributed by atoms with E-state index in [2.05, 4.69) is 22.1 Å². The van der Waals surface area contributed by atoms with Crippen LogP contribution in [0.15, 0.2) is 36.5 Å². The van der Waals surface area contributed by atoms with Gasteiger partial charge in [0.1, 0.15) is 5.82 Å². The third-order valence-corrected chi connectivity index (χ3v) is 3.76. The molecule has 1 aliphatic carbocycles. The first-order valence-electron chi connectivity index (χ1n) is 7.07. The number of H-pyrrole nitrogens is 1. The van der Waals surface area contributed by atoms with Crippen LogP contribution >= 0.6 is 0 Å². The zero-order chi connectivity index (χ0) is 12.9. The molecule has 0 amide bonds. The van der Waals surface area contributed by atoms with Crippen LogP contribution in [0, 0.1) is 0 Å². The molecular formula is C16H20N2O. The zero-order valence-electron chi connectivity index (χ0n) is 11.1. The smallest absolute Gasteiger partial charge is 0.109 e. The minimum absolute atomic E-state index is 0.606. The Hall–Kier alpha value is -1.61. The largest absolute Gasteiger partial charge is 0.371 e. The van der Waals surface area contributed by atoms with Crippen molar-refractivity contribution in [1.29, 1.82) is 0 Å². The number of aromatic amines is 1.